The van der Waals surface area contributed by atoms with Crippen LogP contribution in [0.3, 0.4) is 0 Å². The maximum atomic E-state index is 11.2. The standard InChI is InChI=1S/C24H28N4O2/c1-4-18-13-21-22(26-23(18)16-29)12-17(14-25-21)15-28-10-7-19(8-11-28)20-6-5-9-27(2)24(20)30-3/h5-7,9,12-14,24,26H,4,8,10-11,15H2,1-3H3. The second-order valence-electron chi connectivity index (χ2n) is 7.83. The summed E-state index contributed by atoms with van der Waals surface area (Å²) < 4.78 is 5.68. The molecule has 0 amide bonds. The minimum atomic E-state index is -0.0233. The molecule has 4 rings (SSSR count). The molecule has 0 aromatic carbocycles. The SMILES string of the molecule is CCC1=Cc2ncc(CN3CC=C(C4=CC=CN(C)C4OC)CC3)cc2NC1=C=O. The van der Waals surface area contributed by atoms with Crippen molar-refractivity contribution in [2.45, 2.75) is 32.5 Å². The predicted molar refractivity (Wildman–Crippen MR) is 119 cm³/mol. The van der Waals surface area contributed by atoms with Gasteiger partial charge in [-0.25, -0.2) is 4.79 Å². The molecule has 0 fully saturated rings. The third kappa shape index (κ3) is 4.03. The first-order valence-electron chi connectivity index (χ1n) is 10.4. The van der Waals surface area contributed by atoms with Gasteiger partial charge in [-0.1, -0.05) is 19.1 Å². The van der Waals surface area contributed by atoms with Crippen LogP contribution in [-0.2, 0) is 16.1 Å². The number of hydrogen-bond donors (Lipinski definition) is 1. The molecule has 3 aliphatic rings. The molecular weight excluding hydrogens is 376 g/mol. The third-order valence-electron chi connectivity index (χ3n) is 5.88. The van der Waals surface area contributed by atoms with Crippen LogP contribution in [0.4, 0.5) is 5.69 Å². The van der Waals surface area contributed by atoms with Crippen molar-refractivity contribution in [1.82, 2.24) is 14.8 Å². The number of nitrogens with zero attached hydrogens (tertiary/aromatic N) is 3. The number of rotatable bonds is 5. The molecule has 1 aromatic rings. The Balaban J connectivity index is 1.45. The summed E-state index contributed by atoms with van der Waals surface area (Å²) in [5.74, 6) is 2.01. The number of methoxy groups -OCH3 is 1. The van der Waals surface area contributed by atoms with E-state index in [4.69, 9.17) is 4.74 Å². The van der Waals surface area contributed by atoms with Gasteiger partial charge in [0.25, 0.3) is 0 Å². The van der Waals surface area contributed by atoms with Crippen LogP contribution in [0, 0.1) is 0 Å². The van der Waals surface area contributed by atoms with Crippen molar-refractivity contribution in [2.75, 3.05) is 32.6 Å². The summed E-state index contributed by atoms with van der Waals surface area (Å²) in [4.78, 5) is 20.4. The van der Waals surface area contributed by atoms with Crippen molar-refractivity contribution < 1.29 is 9.53 Å². The number of aromatic nitrogens is 1. The van der Waals surface area contributed by atoms with Crippen LogP contribution < -0.4 is 5.32 Å². The van der Waals surface area contributed by atoms with Gasteiger partial charge < -0.3 is 15.0 Å². The normalized spacial score (nSPS) is 21.3. The monoisotopic (exact) mass is 404 g/mol. The van der Waals surface area contributed by atoms with Crippen molar-refractivity contribution in [1.29, 1.82) is 0 Å². The first-order chi connectivity index (χ1) is 14.6. The van der Waals surface area contributed by atoms with Gasteiger partial charge in [0.15, 0.2) is 12.2 Å². The molecular formula is C24H28N4O2. The molecule has 0 radical (unpaired) electrons. The molecule has 6 heteroatoms. The highest BCUT2D eigenvalue weighted by Gasteiger charge is 2.24. The van der Waals surface area contributed by atoms with Gasteiger partial charge in [0.1, 0.15) is 5.70 Å². The van der Waals surface area contributed by atoms with Crippen LogP contribution in [0.5, 0.6) is 0 Å². The average Bonchev–Trinajstić information content (AvgIpc) is 2.78. The lowest BCUT2D eigenvalue weighted by atomic mass is 9.95. The molecule has 0 aliphatic carbocycles. The van der Waals surface area contributed by atoms with E-state index < -0.39 is 0 Å². The molecule has 4 heterocycles. The first kappa shape index (κ1) is 20.4. The Bertz CT molecular complexity index is 998. The van der Waals surface area contributed by atoms with Gasteiger partial charge in [-0.2, -0.15) is 0 Å². The number of carbonyl (C=O) groups excluding carboxylic acids is 1. The van der Waals surface area contributed by atoms with Crippen molar-refractivity contribution in [2.24, 2.45) is 0 Å². The molecule has 1 atom stereocenters. The van der Waals surface area contributed by atoms with Crippen molar-refractivity contribution in [3.05, 3.63) is 70.4 Å². The Morgan fingerprint density at radius 2 is 2.27 bits per heavy atom. The topological polar surface area (TPSA) is 57.7 Å². The van der Waals surface area contributed by atoms with Gasteiger partial charge in [0.05, 0.1) is 11.4 Å². The molecule has 0 bridgehead atoms. The maximum Gasteiger partial charge on any atom is 0.155 e. The minimum Gasteiger partial charge on any atom is -0.357 e. The summed E-state index contributed by atoms with van der Waals surface area (Å²) in [5, 5.41) is 3.19. The van der Waals surface area contributed by atoms with E-state index in [1.165, 1.54) is 11.1 Å². The lowest BCUT2D eigenvalue weighted by Crippen LogP contribution is -2.35. The van der Waals surface area contributed by atoms with E-state index in [0.717, 1.165) is 55.0 Å². The third-order valence-corrected chi connectivity index (χ3v) is 5.88. The van der Waals surface area contributed by atoms with E-state index in [0.29, 0.717) is 5.70 Å². The number of ether oxygens (including phenoxy) is 1. The summed E-state index contributed by atoms with van der Waals surface area (Å²) in [6.07, 6.45) is 14.2. The summed E-state index contributed by atoms with van der Waals surface area (Å²) in [6.45, 7) is 4.72. The highest BCUT2D eigenvalue weighted by atomic mass is 16.5. The Kier molecular flexibility index (Phi) is 6.00. The van der Waals surface area contributed by atoms with Crippen LogP contribution in [0.1, 0.15) is 31.0 Å². The van der Waals surface area contributed by atoms with Crippen LogP contribution in [-0.4, -0.2) is 54.2 Å². The average molecular weight is 405 g/mol. The van der Waals surface area contributed by atoms with Crippen molar-refractivity contribution in [3.63, 3.8) is 0 Å². The molecule has 0 saturated carbocycles. The highest BCUT2D eigenvalue weighted by Crippen LogP contribution is 2.30. The van der Waals surface area contributed by atoms with Gasteiger partial charge >= 0.3 is 0 Å². The fourth-order valence-electron chi connectivity index (χ4n) is 4.24. The van der Waals surface area contributed by atoms with Gasteiger partial charge in [0.2, 0.25) is 0 Å². The molecule has 0 spiro atoms. The first-order valence-corrected chi connectivity index (χ1v) is 10.4. The van der Waals surface area contributed by atoms with Gasteiger partial charge in [-0.3, -0.25) is 9.88 Å². The quantitative estimate of drug-likeness (QED) is 0.758. The summed E-state index contributed by atoms with van der Waals surface area (Å²) in [6, 6.07) is 2.09. The smallest absolute Gasteiger partial charge is 0.155 e. The lowest BCUT2D eigenvalue weighted by Gasteiger charge is -2.34. The Morgan fingerprint density at radius 3 is 2.97 bits per heavy atom. The van der Waals surface area contributed by atoms with Gasteiger partial charge in [-0.05, 0) is 47.8 Å². The van der Waals surface area contributed by atoms with Crippen LogP contribution in [0.15, 0.2) is 59.1 Å². The highest BCUT2D eigenvalue weighted by molar-refractivity contribution is 5.82. The van der Waals surface area contributed by atoms with E-state index in [-0.39, 0.29) is 6.23 Å². The van der Waals surface area contributed by atoms with E-state index in [1.54, 1.807) is 7.11 Å². The van der Waals surface area contributed by atoms with E-state index >= 15 is 0 Å². The Hall–Kier alpha value is -2.92. The zero-order valence-corrected chi connectivity index (χ0v) is 17.8. The predicted octanol–water partition coefficient (Wildman–Crippen LogP) is 3.51. The van der Waals surface area contributed by atoms with Crippen LogP contribution in [0.2, 0.25) is 0 Å². The zero-order valence-electron chi connectivity index (χ0n) is 17.8. The largest absolute Gasteiger partial charge is 0.357 e. The van der Waals surface area contributed by atoms with Crippen molar-refractivity contribution in [3.8, 4) is 0 Å². The number of hydrogen-bond acceptors (Lipinski definition) is 6. The number of nitrogens with one attached hydrogen (secondary N) is 1. The molecule has 1 aromatic heterocycles. The Labute approximate surface area is 177 Å². The minimum absolute atomic E-state index is 0.0233. The number of anilines is 1. The number of fused-ring (bicyclic) bond motifs is 1. The zero-order chi connectivity index (χ0) is 21.1. The van der Waals surface area contributed by atoms with E-state index in [1.807, 2.05) is 38.4 Å². The summed E-state index contributed by atoms with van der Waals surface area (Å²) in [7, 11) is 3.79. The second kappa shape index (κ2) is 8.84. The number of likely N-dealkylation sites (N-methyl/N-ethyl adjacent to an activating group) is 1. The second-order valence-corrected chi connectivity index (χ2v) is 7.83. The molecule has 0 saturated heterocycles. The fraction of sp³-hybridized carbons (Fsp3) is 0.375. The molecule has 6 nitrogen and oxygen atoms in total. The van der Waals surface area contributed by atoms with Crippen LogP contribution >= 0.6 is 0 Å². The van der Waals surface area contributed by atoms with E-state index in [2.05, 4.69) is 44.4 Å². The maximum absolute atomic E-state index is 11.2. The summed E-state index contributed by atoms with van der Waals surface area (Å²) >= 11 is 0. The van der Waals surface area contributed by atoms with Gasteiger partial charge in [-0.15, -0.1) is 0 Å². The molecule has 1 N–H and O–H groups in total. The van der Waals surface area contributed by atoms with Gasteiger partial charge in [0, 0.05) is 51.8 Å². The van der Waals surface area contributed by atoms with Crippen LogP contribution in [0.25, 0.3) is 6.08 Å². The van der Waals surface area contributed by atoms with E-state index in [9.17, 15) is 4.79 Å². The fourth-order valence-corrected chi connectivity index (χ4v) is 4.24. The number of allylic oxidation sites excluding steroid dienone is 3. The number of pyridine rings is 1. The van der Waals surface area contributed by atoms with Crippen molar-refractivity contribution >= 4 is 17.7 Å². The molecule has 3 aliphatic heterocycles. The Morgan fingerprint density at radius 1 is 1.40 bits per heavy atom. The molecule has 30 heavy (non-hydrogen) atoms. The summed E-state index contributed by atoms with van der Waals surface area (Å²) in [5.41, 5.74) is 6.95. The lowest BCUT2D eigenvalue weighted by molar-refractivity contribution is 0.0363. The molecule has 1 unspecified atom stereocenters. The molecule has 156 valence electrons.